The molecule has 192 valence electrons. The summed E-state index contributed by atoms with van der Waals surface area (Å²) in [6.07, 6.45) is 0. The summed E-state index contributed by atoms with van der Waals surface area (Å²) in [4.78, 5) is 4.79. The molecule has 8 nitrogen and oxygen atoms in total. The summed E-state index contributed by atoms with van der Waals surface area (Å²) < 4.78 is 36.3. The van der Waals surface area contributed by atoms with E-state index in [-0.39, 0.29) is 5.75 Å². The van der Waals surface area contributed by atoms with E-state index in [0.717, 1.165) is 16.1 Å². The summed E-state index contributed by atoms with van der Waals surface area (Å²) in [5.41, 5.74) is 1.46. The molecule has 1 heterocycles. The van der Waals surface area contributed by atoms with E-state index in [1.165, 1.54) is 0 Å². The van der Waals surface area contributed by atoms with Crippen LogP contribution < -0.4 is 10.4 Å². The number of rotatable bonds is 14. The number of aromatic nitrogens is 1. The van der Waals surface area contributed by atoms with Crippen molar-refractivity contribution >= 4 is 49.8 Å². The van der Waals surface area contributed by atoms with Gasteiger partial charge in [-0.15, -0.1) is 0 Å². The van der Waals surface area contributed by atoms with Crippen molar-refractivity contribution in [2.24, 2.45) is 0 Å². The Balaban J connectivity index is 2.21. The molecule has 35 heavy (non-hydrogen) atoms. The Labute approximate surface area is 209 Å². The third kappa shape index (κ3) is 5.60. The molecule has 3 aromatic rings. The van der Waals surface area contributed by atoms with Gasteiger partial charge in [-0.3, -0.25) is 0 Å². The molecule has 2 aromatic carbocycles. The third-order valence-corrected chi connectivity index (χ3v) is 11.5. The van der Waals surface area contributed by atoms with Crippen molar-refractivity contribution in [1.82, 2.24) is 4.98 Å². The first kappa shape index (κ1) is 27.7. The van der Waals surface area contributed by atoms with Gasteiger partial charge in [0.2, 0.25) is 0 Å². The van der Waals surface area contributed by atoms with Crippen LogP contribution in [0.3, 0.4) is 0 Å². The SMILES string of the molecule is CCO[Si](OCC)(OCC)c1ccc2nc3ccc([Si](OCC)(OCC)OCC)c(O)c3cc2c1. The van der Waals surface area contributed by atoms with Crippen LogP contribution in [-0.2, 0) is 26.6 Å². The van der Waals surface area contributed by atoms with Gasteiger partial charge in [0.25, 0.3) is 0 Å². The van der Waals surface area contributed by atoms with E-state index in [4.69, 9.17) is 31.5 Å². The first-order valence-electron chi connectivity index (χ1n) is 12.3. The van der Waals surface area contributed by atoms with Crippen LogP contribution in [0, 0.1) is 0 Å². The van der Waals surface area contributed by atoms with E-state index in [9.17, 15) is 5.11 Å². The number of phenolic OH excluding ortho intramolecular Hbond substituents is 1. The van der Waals surface area contributed by atoms with Crippen molar-refractivity contribution in [3.8, 4) is 5.75 Å². The molecule has 0 aliphatic carbocycles. The maximum Gasteiger partial charge on any atom is 0.541 e. The van der Waals surface area contributed by atoms with Crippen molar-refractivity contribution in [1.29, 1.82) is 0 Å². The molecule has 10 heteroatoms. The molecule has 0 saturated heterocycles. The number of hydrogen-bond donors (Lipinski definition) is 1. The Morgan fingerprint density at radius 2 is 1.11 bits per heavy atom. The summed E-state index contributed by atoms with van der Waals surface area (Å²) >= 11 is 0. The van der Waals surface area contributed by atoms with Crippen molar-refractivity contribution in [2.45, 2.75) is 41.5 Å². The normalized spacial score (nSPS) is 12.6. The number of hydrogen-bond acceptors (Lipinski definition) is 8. The Morgan fingerprint density at radius 1 is 0.629 bits per heavy atom. The Kier molecular flexibility index (Phi) is 9.79. The van der Waals surface area contributed by atoms with Crippen molar-refractivity contribution in [3.63, 3.8) is 0 Å². The van der Waals surface area contributed by atoms with Gasteiger partial charge in [-0.2, -0.15) is 0 Å². The summed E-state index contributed by atoms with van der Waals surface area (Å²) in [6, 6.07) is 11.5. The number of benzene rings is 2. The topological polar surface area (TPSA) is 88.5 Å². The first-order valence-corrected chi connectivity index (χ1v) is 15.8. The fourth-order valence-corrected chi connectivity index (χ4v) is 9.28. The predicted octanol–water partition coefficient (Wildman–Crippen LogP) is 3.60. The summed E-state index contributed by atoms with van der Waals surface area (Å²) in [5.74, 6) is 0.0623. The van der Waals surface area contributed by atoms with Crippen LogP contribution in [0.5, 0.6) is 5.75 Å². The second kappa shape index (κ2) is 12.4. The number of pyridine rings is 1. The van der Waals surface area contributed by atoms with Gasteiger partial charge in [-0.1, -0.05) is 6.07 Å². The van der Waals surface area contributed by atoms with E-state index >= 15 is 0 Å². The van der Waals surface area contributed by atoms with Crippen LogP contribution in [0.15, 0.2) is 36.4 Å². The van der Waals surface area contributed by atoms with Crippen LogP contribution in [0.25, 0.3) is 21.8 Å². The van der Waals surface area contributed by atoms with Gasteiger partial charge in [0.1, 0.15) is 5.75 Å². The number of nitrogens with zero attached hydrogens (tertiary/aromatic N) is 1. The lowest BCUT2D eigenvalue weighted by Crippen LogP contribution is -2.57. The zero-order valence-corrected chi connectivity index (χ0v) is 23.6. The zero-order chi connectivity index (χ0) is 25.5. The monoisotopic (exact) mass is 519 g/mol. The molecule has 1 aromatic heterocycles. The average molecular weight is 520 g/mol. The fraction of sp³-hybridized carbons (Fsp3) is 0.480. The molecule has 0 fully saturated rings. The van der Waals surface area contributed by atoms with Gasteiger partial charge in [-0.25, -0.2) is 4.98 Å². The molecular weight excluding hydrogens is 482 g/mol. The summed E-state index contributed by atoms with van der Waals surface area (Å²) in [7, 11) is -6.39. The van der Waals surface area contributed by atoms with Gasteiger partial charge in [-0.05, 0) is 71.9 Å². The highest BCUT2D eigenvalue weighted by molar-refractivity contribution is 6.76. The smallest absolute Gasteiger partial charge is 0.507 e. The van der Waals surface area contributed by atoms with Crippen LogP contribution in [0.1, 0.15) is 41.5 Å². The molecule has 0 unspecified atom stereocenters. The van der Waals surface area contributed by atoms with Crippen LogP contribution in [-0.4, -0.2) is 67.3 Å². The minimum Gasteiger partial charge on any atom is -0.507 e. The summed E-state index contributed by atoms with van der Waals surface area (Å²) in [5, 5.41) is 14.2. The molecule has 0 atom stereocenters. The highest BCUT2D eigenvalue weighted by Gasteiger charge is 2.46. The lowest BCUT2D eigenvalue weighted by atomic mass is 10.1. The molecule has 0 saturated carbocycles. The Bertz CT molecular complexity index is 1090. The van der Waals surface area contributed by atoms with Crippen LogP contribution in [0.4, 0.5) is 0 Å². The first-order chi connectivity index (χ1) is 16.9. The average Bonchev–Trinajstić information content (AvgIpc) is 2.84. The predicted molar refractivity (Wildman–Crippen MR) is 141 cm³/mol. The number of aromatic hydroxyl groups is 1. The second-order valence-electron chi connectivity index (χ2n) is 7.63. The lowest BCUT2D eigenvalue weighted by molar-refractivity contribution is 0.0849. The lowest BCUT2D eigenvalue weighted by Gasteiger charge is -2.29. The Hall–Kier alpha value is -1.90. The standard InChI is InChI=1S/C25H37NO7Si2/c1-7-28-34(29-8-2,30-9-3)20-13-14-22-19(17-20)18-21-23(26-22)15-16-24(25(21)27)35(31-10-4,32-11-5)33-12-6/h13-18,27H,7-12H2,1-6H3. The van der Waals surface area contributed by atoms with Gasteiger partial charge < -0.3 is 31.7 Å². The molecule has 1 N–H and O–H groups in total. The van der Waals surface area contributed by atoms with Gasteiger partial charge in [0.15, 0.2) is 0 Å². The van der Waals surface area contributed by atoms with E-state index in [1.54, 1.807) is 6.07 Å². The van der Waals surface area contributed by atoms with Crippen LogP contribution >= 0.6 is 0 Å². The minimum atomic E-state index is -3.30. The maximum absolute atomic E-state index is 11.4. The summed E-state index contributed by atoms with van der Waals surface area (Å²) in [6.45, 7) is 14.1. The van der Waals surface area contributed by atoms with E-state index < -0.39 is 17.6 Å². The number of fused-ring (bicyclic) bond motifs is 2. The van der Waals surface area contributed by atoms with Crippen molar-refractivity contribution < 1.29 is 31.7 Å². The third-order valence-electron chi connectivity index (χ3n) is 5.45. The van der Waals surface area contributed by atoms with Gasteiger partial charge >= 0.3 is 17.6 Å². The zero-order valence-electron chi connectivity index (χ0n) is 21.6. The van der Waals surface area contributed by atoms with Crippen molar-refractivity contribution in [3.05, 3.63) is 36.4 Å². The van der Waals surface area contributed by atoms with Crippen LogP contribution in [0.2, 0.25) is 0 Å². The quantitative estimate of drug-likeness (QED) is 0.255. The molecular formula is C25H37NO7Si2. The largest absolute Gasteiger partial charge is 0.541 e. The highest BCUT2D eigenvalue weighted by Crippen LogP contribution is 2.29. The molecule has 0 aliphatic rings. The highest BCUT2D eigenvalue weighted by atomic mass is 28.4. The molecule has 0 radical (unpaired) electrons. The second-order valence-corrected chi connectivity index (χ2v) is 12.7. The molecule has 0 amide bonds. The van der Waals surface area contributed by atoms with E-state index in [1.807, 2.05) is 71.9 Å². The maximum atomic E-state index is 11.4. The van der Waals surface area contributed by atoms with E-state index in [0.29, 0.717) is 55.7 Å². The van der Waals surface area contributed by atoms with Gasteiger partial charge in [0.05, 0.1) is 16.2 Å². The minimum absolute atomic E-state index is 0.0623. The molecule has 3 rings (SSSR count). The van der Waals surface area contributed by atoms with Crippen molar-refractivity contribution in [2.75, 3.05) is 39.6 Å². The molecule has 0 spiro atoms. The Morgan fingerprint density at radius 3 is 1.63 bits per heavy atom. The fourth-order valence-electron chi connectivity index (χ4n) is 4.21. The molecule has 0 aliphatic heterocycles. The molecule has 0 bridgehead atoms. The van der Waals surface area contributed by atoms with Gasteiger partial charge in [0, 0.05) is 55.6 Å². The number of phenols is 1. The van der Waals surface area contributed by atoms with E-state index in [2.05, 4.69) is 0 Å².